The van der Waals surface area contributed by atoms with E-state index < -0.39 is 0 Å². The van der Waals surface area contributed by atoms with Gasteiger partial charge in [-0.1, -0.05) is 0 Å². The fraction of sp³-hybridized carbons (Fsp3) is 0.429. The first-order chi connectivity index (χ1) is 9.74. The molecule has 1 aliphatic heterocycles. The van der Waals surface area contributed by atoms with E-state index in [2.05, 4.69) is 20.2 Å². The van der Waals surface area contributed by atoms with E-state index in [1.54, 1.807) is 25.4 Å². The molecule has 1 N–H and O–H groups in total. The Morgan fingerprint density at radius 2 is 2.30 bits per heavy atom. The molecule has 3 rings (SSSR count). The molecule has 1 amide bonds. The Morgan fingerprint density at radius 1 is 1.40 bits per heavy atom. The van der Waals surface area contributed by atoms with Gasteiger partial charge in [0, 0.05) is 37.1 Å². The molecule has 20 heavy (non-hydrogen) atoms. The number of aromatic amines is 1. The van der Waals surface area contributed by atoms with Crippen LogP contribution in [0.2, 0.25) is 0 Å². The average molecular weight is 271 g/mol. The second-order valence-electron chi connectivity index (χ2n) is 5.09. The van der Waals surface area contributed by atoms with Crippen LogP contribution in [0.4, 0.5) is 0 Å². The highest BCUT2D eigenvalue weighted by molar-refractivity contribution is 5.92. The Hall–Kier alpha value is -2.24. The number of nitrogens with one attached hydrogen (secondary N) is 1. The second-order valence-corrected chi connectivity index (χ2v) is 5.09. The zero-order chi connectivity index (χ0) is 13.9. The number of aryl methyl sites for hydroxylation is 1. The molecule has 1 fully saturated rings. The molecule has 1 saturated heterocycles. The van der Waals surface area contributed by atoms with Crippen LogP contribution in [0.3, 0.4) is 0 Å². The highest BCUT2D eigenvalue weighted by Gasteiger charge is 2.26. The van der Waals surface area contributed by atoms with Crippen molar-refractivity contribution in [3.05, 3.63) is 41.7 Å². The molecule has 0 aliphatic carbocycles. The summed E-state index contributed by atoms with van der Waals surface area (Å²) in [6.45, 7) is 3.29. The van der Waals surface area contributed by atoms with Gasteiger partial charge in [-0.25, -0.2) is 9.97 Å². The molecule has 6 heteroatoms. The summed E-state index contributed by atoms with van der Waals surface area (Å²) in [5.74, 6) is 0.941. The van der Waals surface area contributed by atoms with E-state index in [1.165, 1.54) is 0 Å². The molecule has 0 unspecified atom stereocenters. The molecule has 0 bridgehead atoms. The number of hydrogen-bond acceptors (Lipinski definition) is 4. The van der Waals surface area contributed by atoms with Crippen LogP contribution in [0.25, 0.3) is 0 Å². The van der Waals surface area contributed by atoms with Gasteiger partial charge in [-0.3, -0.25) is 9.89 Å². The van der Waals surface area contributed by atoms with Crippen molar-refractivity contribution in [2.24, 2.45) is 0 Å². The van der Waals surface area contributed by atoms with Crippen LogP contribution < -0.4 is 0 Å². The second kappa shape index (κ2) is 5.40. The summed E-state index contributed by atoms with van der Waals surface area (Å²) in [5, 5.41) is 6.99. The number of likely N-dealkylation sites (tertiary alicyclic amines) is 1. The lowest BCUT2D eigenvalue weighted by molar-refractivity contribution is 0.0699. The largest absolute Gasteiger partial charge is 0.337 e. The van der Waals surface area contributed by atoms with E-state index in [0.29, 0.717) is 24.0 Å². The summed E-state index contributed by atoms with van der Waals surface area (Å²) >= 11 is 0. The lowest BCUT2D eigenvalue weighted by Crippen LogP contribution is -2.39. The average Bonchev–Trinajstić information content (AvgIpc) is 3.01. The predicted molar refractivity (Wildman–Crippen MR) is 73.2 cm³/mol. The molecule has 0 radical (unpaired) electrons. The minimum atomic E-state index is -0.0142. The van der Waals surface area contributed by atoms with Crippen LogP contribution >= 0.6 is 0 Å². The van der Waals surface area contributed by atoms with Crippen molar-refractivity contribution in [3.8, 4) is 0 Å². The highest BCUT2D eigenvalue weighted by Crippen LogP contribution is 2.25. The van der Waals surface area contributed by atoms with Gasteiger partial charge in [0.15, 0.2) is 0 Å². The minimum Gasteiger partial charge on any atom is -0.337 e. The van der Waals surface area contributed by atoms with Crippen LogP contribution in [0.15, 0.2) is 24.5 Å². The Bertz CT molecular complexity index is 595. The Kier molecular flexibility index (Phi) is 3.45. The summed E-state index contributed by atoms with van der Waals surface area (Å²) in [5.41, 5.74) is 1.57. The van der Waals surface area contributed by atoms with E-state index in [-0.39, 0.29) is 5.91 Å². The SMILES string of the molecule is Cc1nccc(C(=O)N2CCC[C@@H](c3ccn[nH]3)C2)n1. The van der Waals surface area contributed by atoms with Crippen LogP contribution in [0.5, 0.6) is 0 Å². The van der Waals surface area contributed by atoms with Crippen LogP contribution in [-0.2, 0) is 0 Å². The van der Waals surface area contributed by atoms with E-state index in [1.807, 2.05) is 11.0 Å². The van der Waals surface area contributed by atoms with Gasteiger partial charge in [0.05, 0.1) is 0 Å². The van der Waals surface area contributed by atoms with Crippen molar-refractivity contribution in [1.82, 2.24) is 25.1 Å². The molecule has 2 aromatic rings. The van der Waals surface area contributed by atoms with Gasteiger partial charge in [0.1, 0.15) is 11.5 Å². The fourth-order valence-corrected chi connectivity index (χ4v) is 2.65. The monoisotopic (exact) mass is 271 g/mol. The van der Waals surface area contributed by atoms with Gasteiger partial charge in [0.2, 0.25) is 0 Å². The van der Waals surface area contributed by atoms with E-state index in [4.69, 9.17) is 0 Å². The first-order valence-corrected chi connectivity index (χ1v) is 6.82. The van der Waals surface area contributed by atoms with Gasteiger partial charge in [-0.05, 0) is 31.9 Å². The molecule has 1 atom stereocenters. The van der Waals surface area contributed by atoms with E-state index in [9.17, 15) is 4.79 Å². The van der Waals surface area contributed by atoms with Gasteiger partial charge < -0.3 is 4.90 Å². The zero-order valence-electron chi connectivity index (χ0n) is 11.4. The first kappa shape index (κ1) is 12.8. The maximum absolute atomic E-state index is 12.5. The maximum atomic E-state index is 12.5. The standard InChI is InChI=1S/C14H17N5O/c1-10-15-6-4-13(17-10)14(20)19-8-2-3-11(9-19)12-5-7-16-18-12/h4-7,11H,2-3,8-9H2,1H3,(H,16,18)/t11-/m1/s1. The molecule has 104 valence electrons. The number of hydrogen-bond donors (Lipinski definition) is 1. The highest BCUT2D eigenvalue weighted by atomic mass is 16.2. The molecule has 0 saturated carbocycles. The van der Waals surface area contributed by atoms with Crippen molar-refractivity contribution < 1.29 is 4.79 Å². The van der Waals surface area contributed by atoms with Crippen LogP contribution in [0.1, 0.15) is 40.8 Å². The number of aromatic nitrogens is 4. The summed E-state index contributed by atoms with van der Waals surface area (Å²) in [4.78, 5) is 22.6. The van der Waals surface area contributed by atoms with Crippen LogP contribution in [-0.4, -0.2) is 44.1 Å². The number of amides is 1. The minimum absolute atomic E-state index is 0.0142. The number of carbonyl (C=O) groups is 1. The number of nitrogens with zero attached hydrogens (tertiary/aromatic N) is 4. The van der Waals surface area contributed by atoms with Gasteiger partial charge in [-0.2, -0.15) is 5.10 Å². The fourth-order valence-electron chi connectivity index (χ4n) is 2.65. The zero-order valence-corrected chi connectivity index (χ0v) is 11.4. The molecule has 2 aromatic heterocycles. The number of H-pyrrole nitrogens is 1. The third-order valence-corrected chi connectivity index (χ3v) is 3.67. The molecule has 1 aliphatic rings. The van der Waals surface area contributed by atoms with Gasteiger partial charge in [-0.15, -0.1) is 0 Å². The summed E-state index contributed by atoms with van der Waals surface area (Å²) in [6.07, 6.45) is 5.46. The Morgan fingerprint density at radius 3 is 3.05 bits per heavy atom. The molecular weight excluding hydrogens is 254 g/mol. The molecular formula is C14H17N5O. The normalized spacial score (nSPS) is 19.1. The molecule has 0 aromatic carbocycles. The lowest BCUT2D eigenvalue weighted by Gasteiger charge is -2.32. The topological polar surface area (TPSA) is 74.8 Å². The van der Waals surface area contributed by atoms with Crippen molar-refractivity contribution >= 4 is 5.91 Å². The number of piperidine rings is 1. The molecule has 3 heterocycles. The quantitative estimate of drug-likeness (QED) is 0.898. The van der Waals surface area contributed by atoms with Gasteiger partial charge in [0.25, 0.3) is 5.91 Å². The first-order valence-electron chi connectivity index (χ1n) is 6.82. The summed E-state index contributed by atoms with van der Waals surface area (Å²) < 4.78 is 0. The van der Waals surface area contributed by atoms with Crippen molar-refractivity contribution in [1.29, 1.82) is 0 Å². The summed E-state index contributed by atoms with van der Waals surface area (Å²) in [6, 6.07) is 3.66. The number of rotatable bonds is 2. The van der Waals surface area contributed by atoms with Crippen molar-refractivity contribution in [3.63, 3.8) is 0 Å². The smallest absolute Gasteiger partial charge is 0.272 e. The maximum Gasteiger partial charge on any atom is 0.272 e. The van der Waals surface area contributed by atoms with E-state index in [0.717, 1.165) is 25.1 Å². The third kappa shape index (κ3) is 2.54. The Balaban J connectivity index is 1.75. The van der Waals surface area contributed by atoms with Crippen LogP contribution in [0, 0.1) is 6.92 Å². The molecule has 6 nitrogen and oxygen atoms in total. The van der Waals surface area contributed by atoms with Crippen molar-refractivity contribution in [2.75, 3.05) is 13.1 Å². The summed E-state index contributed by atoms with van der Waals surface area (Å²) in [7, 11) is 0. The predicted octanol–water partition coefficient (Wildman–Crippen LogP) is 1.53. The van der Waals surface area contributed by atoms with Gasteiger partial charge >= 0.3 is 0 Å². The number of carbonyl (C=O) groups excluding carboxylic acids is 1. The molecule has 0 spiro atoms. The Labute approximate surface area is 117 Å². The lowest BCUT2D eigenvalue weighted by atomic mass is 9.95. The third-order valence-electron chi connectivity index (χ3n) is 3.67. The van der Waals surface area contributed by atoms with E-state index >= 15 is 0 Å². The van der Waals surface area contributed by atoms with Crippen molar-refractivity contribution in [2.45, 2.75) is 25.7 Å².